The molecule has 1 aromatic carbocycles. The van der Waals surface area contributed by atoms with Crippen LogP contribution in [0.25, 0.3) is 0 Å². The molecule has 1 amide bonds. The largest absolute Gasteiger partial charge is 0.356 e. The number of nitrogens with one attached hydrogen (secondary N) is 2. The molecule has 1 aromatic rings. The summed E-state index contributed by atoms with van der Waals surface area (Å²) in [5.74, 6) is -1.11. The zero-order valence-corrected chi connectivity index (χ0v) is 12.6. The Hall–Kier alpha value is -1.51. The fourth-order valence-corrected chi connectivity index (χ4v) is 2.68. The summed E-state index contributed by atoms with van der Waals surface area (Å²) in [5.41, 5.74) is 5.54. The number of sulfonamides is 1. The minimum Gasteiger partial charge on any atom is -0.356 e. The van der Waals surface area contributed by atoms with E-state index in [2.05, 4.69) is 10.0 Å². The first-order chi connectivity index (χ1) is 9.83. The van der Waals surface area contributed by atoms with Crippen molar-refractivity contribution in [3.05, 3.63) is 30.1 Å². The molecular weight excluding hydrogens is 297 g/mol. The van der Waals surface area contributed by atoms with Crippen molar-refractivity contribution < 1.29 is 17.6 Å². The van der Waals surface area contributed by atoms with Crippen molar-refractivity contribution in [2.75, 3.05) is 13.1 Å². The first kappa shape index (κ1) is 17.5. The van der Waals surface area contributed by atoms with Gasteiger partial charge >= 0.3 is 0 Å². The minimum absolute atomic E-state index is 0.00939. The van der Waals surface area contributed by atoms with E-state index in [-0.39, 0.29) is 24.9 Å². The van der Waals surface area contributed by atoms with E-state index in [4.69, 9.17) is 5.73 Å². The lowest BCUT2D eigenvalue weighted by Crippen LogP contribution is -2.33. The monoisotopic (exact) mass is 317 g/mol. The summed E-state index contributed by atoms with van der Waals surface area (Å²) in [5, 5.41) is 2.62. The van der Waals surface area contributed by atoms with Crippen LogP contribution in [0.15, 0.2) is 29.2 Å². The predicted molar refractivity (Wildman–Crippen MR) is 77.5 cm³/mol. The highest BCUT2D eigenvalue weighted by molar-refractivity contribution is 7.89. The van der Waals surface area contributed by atoms with Gasteiger partial charge in [-0.25, -0.2) is 17.5 Å². The van der Waals surface area contributed by atoms with Crippen LogP contribution in [0.3, 0.4) is 0 Å². The second-order valence-electron chi connectivity index (χ2n) is 4.69. The Bertz CT molecular complexity index is 576. The number of halogens is 1. The summed E-state index contributed by atoms with van der Waals surface area (Å²) in [4.78, 5) is 11.0. The van der Waals surface area contributed by atoms with Crippen LogP contribution < -0.4 is 15.8 Å². The molecule has 0 aliphatic carbocycles. The molecule has 0 heterocycles. The van der Waals surface area contributed by atoms with Crippen LogP contribution in [0.1, 0.15) is 19.8 Å². The van der Waals surface area contributed by atoms with Gasteiger partial charge in [0.2, 0.25) is 15.9 Å². The molecule has 0 aliphatic heterocycles. The van der Waals surface area contributed by atoms with Crippen LogP contribution in [0.2, 0.25) is 0 Å². The van der Waals surface area contributed by atoms with Crippen LogP contribution in [0, 0.1) is 5.82 Å². The first-order valence-electron chi connectivity index (χ1n) is 6.59. The van der Waals surface area contributed by atoms with Gasteiger partial charge in [0.05, 0.1) is 0 Å². The summed E-state index contributed by atoms with van der Waals surface area (Å²) in [6.07, 6.45) is 0.624. The number of amides is 1. The van der Waals surface area contributed by atoms with E-state index >= 15 is 0 Å². The topological polar surface area (TPSA) is 101 Å². The molecule has 1 rings (SSSR count). The van der Waals surface area contributed by atoms with Gasteiger partial charge in [-0.05, 0) is 25.5 Å². The van der Waals surface area contributed by atoms with E-state index in [0.29, 0.717) is 13.0 Å². The van der Waals surface area contributed by atoms with Gasteiger partial charge in [-0.15, -0.1) is 0 Å². The zero-order valence-electron chi connectivity index (χ0n) is 11.8. The Morgan fingerprint density at radius 1 is 1.33 bits per heavy atom. The Morgan fingerprint density at radius 2 is 2.00 bits per heavy atom. The molecule has 0 aliphatic rings. The van der Waals surface area contributed by atoms with Gasteiger partial charge in [-0.1, -0.05) is 12.1 Å². The molecule has 0 saturated carbocycles. The Kier molecular flexibility index (Phi) is 6.73. The molecule has 1 unspecified atom stereocenters. The molecule has 6 nitrogen and oxygen atoms in total. The fourth-order valence-electron chi connectivity index (χ4n) is 1.57. The number of rotatable bonds is 8. The van der Waals surface area contributed by atoms with Crippen molar-refractivity contribution in [2.24, 2.45) is 5.73 Å². The Balaban J connectivity index is 2.41. The third-order valence-electron chi connectivity index (χ3n) is 2.69. The quantitative estimate of drug-likeness (QED) is 0.644. The minimum atomic E-state index is -3.95. The molecule has 0 fully saturated rings. The average molecular weight is 317 g/mol. The van der Waals surface area contributed by atoms with Gasteiger partial charge in [-0.2, -0.15) is 0 Å². The lowest BCUT2D eigenvalue weighted by Gasteiger charge is -2.09. The maximum atomic E-state index is 13.4. The normalized spacial score (nSPS) is 12.9. The molecule has 0 radical (unpaired) electrons. The smallest absolute Gasteiger partial charge is 0.243 e. The van der Waals surface area contributed by atoms with Crippen molar-refractivity contribution in [3.8, 4) is 0 Å². The van der Waals surface area contributed by atoms with Gasteiger partial charge in [0, 0.05) is 25.6 Å². The molecule has 0 bridgehead atoms. The predicted octanol–water partition coefficient (Wildman–Crippen LogP) is 0.348. The van der Waals surface area contributed by atoms with Gasteiger partial charge in [0.15, 0.2) is 0 Å². The summed E-state index contributed by atoms with van der Waals surface area (Å²) in [7, 11) is -3.95. The number of nitrogens with two attached hydrogens (primary N) is 1. The highest BCUT2D eigenvalue weighted by atomic mass is 32.2. The Labute approximate surface area is 124 Å². The van der Waals surface area contributed by atoms with Gasteiger partial charge < -0.3 is 11.1 Å². The molecule has 21 heavy (non-hydrogen) atoms. The van der Waals surface area contributed by atoms with E-state index < -0.39 is 20.7 Å². The lowest BCUT2D eigenvalue weighted by atomic mass is 10.2. The number of hydrogen-bond donors (Lipinski definition) is 3. The maximum absolute atomic E-state index is 13.4. The van der Waals surface area contributed by atoms with E-state index in [9.17, 15) is 17.6 Å². The second-order valence-corrected chi connectivity index (χ2v) is 6.43. The molecule has 0 aromatic heterocycles. The van der Waals surface area contributed by atoms with Crippen molar-refractivity contribution in [3.63, 3.8) is 0 Å². The van der Waals surface area contributed by atoms with E-state index in [1.165, 1.54) is 18.2 Å². The molecule has 0 saturated heterocycles. The van der Waals surface area contributed by atoms with Crippen LogP contribution >= 0.6 is 0 Å². The summed E-state index contributed by atoms with van der Waals surface area (Å²) in [6, 6.07) is 5.05. The number of carbonyl (C=O) groups is 1. The molecular formula is C13H20FN3O3S. The number of benzene rings is 1. The average Bonchev–Trinajstić information content (AvgIpc) is 2.38. The summed E-state index contributed by atoms with van der Waals surface area (Å²) in [6.45, 7) is 2.17. The highest BCUT2D eigenvalue weighted by Gasteiger charge is 2.18. The molecule has 8 heteroatoms. The zero-order chi connectivity index (χ0) is 15.9. The molecule has 4 N–H and O–H groups in total. The lowest BCUT2D eigenvalue weighted by molar-refractivity contribution is -0.120. The van der Waals surface area contributed by atoms with Crippen LogP contribution in [-0.4, -0.2) is 33.5 Å². The highest BCUT2D eigenvalue weighted by Crippen LogP contribution is 2.12. The number of hydrogen-bond acceptors (Lipinski definition) is 4. The van der Waals surface area contributed by atoms with E-state index in [1.54, 1.807) is 0 Å². The van der Waals surface area contributed by atoms with Gasteiger partial charge in [0.1, 0.15) is 10.7 Å². The summed E-state index contributed by atoms with van der Waals surface area (Å²) >= 11 is 0. The van der Waals surface area contributed by atoms with Gasteiger partial charge in [0.25, 0.3) is 0 Å². The van der Waals surface area contributed by atoms with Crippen molar-refractivity contribution in [2.45, 2.75) is 30.7 Å². The van der Waals surface area contributed by atoms with Crippen LogP contribution in [0.4, 0.5) is 4.39 Å². The summed E-state index contributed by atoms with van der Waals surface area (Å²) < 4.78 is 39.3. The third-order valence-corrected chi connectivity index (χ3v) is 4.19. The van der Waals surface area contributed by atoms with Crippen LogP contribution in [-0.2, 0) is 14.8 Å². The van der Waals surface area contributed by atoms with E-state index in [1.807, 2.05) is 6.92 Å². The molecule has 0 spiro atoms. The number of carbonyl (C=O) groups excluding carboxylic acids is 1. The fraction of sp³-hybridized carbons (Fsp3) is 0.462. The molecule has 1 atom stereocenters. The second kappa shape index (κ2) is 8.06. The Morgan fingerprint density at radius 3 is 2.62 bits per heavy atom. The van der Waals surface area contributed by atoms with Crippen molar-refractivity contribution in [1.82, 2.24) is 10.0 Å². The van der Waals surface area contributed by atoms with E-state index in [0.717, 1.165) is 6.07 Å². The maximum Gasteiger partial charge on any atom is 0.243 e. The molecule has 118 valence electrons. The first-order valence-corrected chi connectivity index (χ1v) is 8.07. The third kappa shape index (κ3) is 6.19. The van der Waals surface area contributed by atoms with Crippen LogP contribution in [0.5, 0.6) is 0 Å². The standard InChI is InChI=1S/C13H20FN3O3S/c1-10(15)6-8-16-13(18)7-9-17-21(19,20)12-5-3-2-4-11(12)14/h2-5,10,17H,6-9,15H2,1H3,(H,16,18). The van der Waals surface area contributed by atoms with Crippen molar-refractivity contribution >= 4 is 15.9 Å². The van der Waals surface area contributed by atoms with Gasteiger partial charge in [-0.3, -0.25) is 4.79 Å². The van der Waals surface area contributed by atoms with Crippen molar-refractivity contribution in [1.29, 1.82) is 0 Å². The SMILES string of the molecule is CC(N)CCNC(=O)CCNS(=O)(=O)c1ccccc1F.